The maximum Gasteiger partial charge on any atom is 0.279 e. The highest BCUT2D eigenvalue weighted by Crippen LogP contribution is 2.31. The summed E-state index contributed by atoms with van der Waals surface area (Å²) in [4.78, 5) is 17.7. The molecule has 2 heterocycles. The quantitative estimate of drug-likeness (QED) is 0.756. The molecule has 0 saturated carbocycles. The second-order valence-corrected chi connectivity index (χ2v) is 6.36. The lowest BCUT2D eigenvalue weighted by Gasteiger charge is -2.04. The first-order valence-corrected chi connectivity index (χ1v) is 8.34. The molecule has 0 atom stereocenters. The fourth-order valence-electron chi connectivity index (χ4n) is 2.23. The highest BCUT2D eigenvalue weighted by molar-refractivity contribution is 7.16. The first kappa shape index (κ1) is 16.2. The summed E-state index contributed by atoms with van der Waals surface area (Å²) < 4.78 is 10.4. The summed E-state index contributed by atoms with van der Waals surface area (Å²) in [5.41, 5.74) is 2.06. The number of aromatic nitrogens is 2. The lowest BCUT2D eigenvalue weighted by molar-refractivity contribution is 0.101. The Morgan fingerprint density at radius 2 is 2.04 bits per heavy atom. The molecular formula is C17H17N3O3S. The highest BCUT2D eigenvalue weighted by atomic mass is 32.1. The fraction of sp³-hybridized carbons (Fsp3) is 0.235. The van der Waals surface area contributed by atoms with Gasteiger partial charge in [-0.3, -0.25) is 10.1 Å². The molecular weight excluding hydrogens is 326 g/mol. The number of hydrogen-bond acceptors (Lipinski definition) is 6. The summed E-state index contributed by atoms with van der Waals surface area (Å²) in [7, 11) is 0. The third-order valence-electron chi connectivity index (χ3n) is 3.32. The molecule has 0 bridgehead atoms. The van der Waals surface area contributed by atoms with Crippen LogP contribution in [0.4, 0.5) is 5.13 Å². The van der Waals surface area contributed by atoms with E-state index in [2.05, 4.69) is 15.5 Å². The van der Waals surface area contributed by atoms with Crippen LogP contribution in [0.3, 0.4) is 0 Å². The second kappa shape index (κ2) is 6.84. The Morgan fingerprint density at radius 1 is 1.29 bits per heavy atom. The minimum Gasteiger partial charge on any atom is -0.494 e. The Bertz CT molecular complexity index is 852. The van der Waals surface area contributed by atoms with E-state index in [-0.39, 0.29) is 11.6 Å². The number of carbonyl (C=O) groups is 1. The van der Waals surface area contributed by atoms with Crippen molar-refractivity contribution in [1.82, 2.24) is 10.1 Å². The van der Waals surface area contributed by atoms with E-state index >= 15 is 0 Å². The van der Waals surface area contributed by atoms with Crippen LogP contribution in [0, 0.1) is 13.8 Å². The van der Waals surface area contributed by atoms with Gasteiger partial charge < -0.3 is 9.26 Å². The predicted molar refractivity (Wildman–Crippen MR) is 92.6 cm³/mol. The summed E-state index contributed by atoms with van der Waals surface area (Å²) >= 11 is 1.42. The van der Waals surface area contributed by atoms with Crippen LogP contribution in [0.1, 0.15) is 28.0 Å². The molecule has 0 radical (unpaired) electrons. The van der Waals surface area contributed by atoms with Crippen LogP contribution >= 0.6 is 11.3 Å². The number of carbonyl (C=O) groups excluding carboxylic acids is 1. The lowest BCUT2D eigenvalue weighted by atomic mass is 10.1. The summed E-state index contributed by atoms with van der Waals surface area (Å²) in [6.07, 6.45) is 0. The van der Waals surface area contributed by atoms with Crippen molar-refractivity contribution in [3.05, 3.63) is 46.7 Å². The maximum atomic E-state index is 12.1. The molecule has 6 nitrogen and oxygen atoms in total. The van der Waals surface area contributed by atoms with Gasteiger partial charge in [-0.2, -0.15) is 0 Å². The molecule has 0 saturated heterocycles. The molecule has 7 heteroatoms. The predicted octanol–water partition coefficient (Wildman–Crippen LogP) is 4.07. The van der Waals surface area contributed by atoms with Crippen LogP contribution in [-0.2, 0) is 0 Å². The summed E-state index contributed by atoms with van der Waals surface area (Å²) in [6.45, 7) is 6.29. The van der Waals surface area contributed by atoms with E-state index < -0.39 is 0 Å². The average molecular weight is 343 g/mol. The molecule has 0 aliphatic carbocycles. The first-order chi connectivity index (χ1) is 11.6. The third-order valence-corrected chi connectivity index (χ3v) is 4.20. The molecule has 0 aliphatic heterocycles. The summed E-state index contributed by atoms with van der Waals surface area (Å²) in [5.74, 6) is 1.08. The number of hydrogen-bond donors (Lipinski definition) is 1. The van der Waals surface area contributed by atoms with Crippen LogP contribution in [0.2, 0.25) is 0 Å². The Kier molecular flexibility index (Phi) is 4.61. The van der Waals surface area contributed by atoms with Gasteiger partial charge >= 0.3 is 0 Å². The number of amides is 1. The lowest BCUT2D eigenvalue weighted by Crippen LogP contribution is -2.11. The van der Waals surface area contributed by atoms with Crippen molar-refractivity contribution < 1.29 is 14.1 Å². The monoisotopic (exact) mass is 343 g/mol. The van der Waals surface area contributed by atoms with Gasteiger partial charge in [0, 0.05) is 16.5 Å². The zero-order valence-corrected chi connectivity index (χ0v) is 14.4. The van der Waals surface area contributed by atoms with Gasteiger partial charge in [-0.25, -0.2) is 4.98 Å². The number of nitrogens with one attached hydrogen (secondary N) is 1. The maximum absolute atomic E-state index is 12.1. The van der Waals surface area contributed by atoms with Crippen molar-refractivity contribution in [2.24, 2.45) is 0 Å². The number of ether oxygens (including phenoxy) is 1. The van der Waals surface area contributed by atoms with Crippen molar-refractivity contribution >= 4 is 22.4 Å². The zero-order chi connectivity index (χ0) is 17.1. The molecule has 1 N–H and O–H groups in total. The number of thiazole rings is 1. The van der Waals surface area contributed by atoms with Gasteiger partial charge in [-0.15, -0.1) is 11.3 Å². The molecule has 24 heavy (non-hydrogen) atoms. The van der Waals surface area contributed by atoms with Crippen LogP contribution in [0.25, 0.3) is 11.3 Å². The molecule has 3 rings (SSSR count). The van der Waals surface area contributed by atoms with E-state index in [4.69, 9.17) is 9.26 Å². The topological polar surface area (TPSA) is 77.2 Å². The molecule has 0 aliphatic rings. The number of aryl methyl sites for hydroxylation is 2. The van der Waals surface area contributed by atoms with Crippen LogP contribution in [0.5, 0.6) is 5.75 Å². The largest absolute Gasteiger partial charge is 0.494 e. The Balaban J connectivity index is 1.78. The number of nitrogens with zero attached hydrogens (tertiary/aromatic N) is 2. The van der Waals surface area contributed by atoms with Gasteiger partial charge in [0.15, 0.2) is 10.8 Å². The summed E-state index contributed by atoms with van der Waals surface area (Å²) in [5, 5.41) is 6.99. The number of rotatable bonds is 5. The molecule has 2 aromatic heterocycles. The van der Waals surface area contributed by atoms with E-state index in [9.17, 15) is 4.79 Å². The Morgan fingerprint density at radius 3 is 2.67 bits per heavy atom. The van der Waals surface area contributed by atoms with E-state index in [1.54, 1.807) is 13.0 Å². The molecule has 3 aromatic rings. The average Bonchev–Trinajstić information content (AvgIpc) is 3.14. The van der Waals surface area contributed by atoms with Crippen LogP contribution in [0.15, 0.2) is 34.9 Å². The summed E-state index contributed by atoms with van der Waals surface area (Å²) in [6, 6.07) is 9.32. The number of benzene rings is 1. The highest BCUT2D eigenvalue weighted by Gasteiger charge is 2.15. The van der Waals surface area contributed by atoms with E-state index in [0.29, 0.717) is 17.5 Å². The van der Waals surface area contributed by atoms with Gasteiger partial charge in [0.2, 0.25) is 0 Å². The smallest absolute Gasteiger partial charge is 0.279 e. The van der Waals surface area contributed by atoms with E-state index in [1.165, 1.54) is 11.3 Å². The molecule has 0 fully saturated rings. The van der Waals surface area contributed by atoms with Crippen molar-refractivity contribution in [2.75, 3.05) is 11.9 Å². The van der Waals surface area contributed by atoms with Crippen LogP contribution in [-0.4, -0.2) is 22.7 Å². The Labute approximate surface area is 143 Å². The van der Waals surface area contributed by atoms with Gasteiger partial charge in [0.05, 0.1) is 12.3 Å². The van der Waals surface area contributed by atoms with Crippen molar-refractivity contribution in [3.8, 4) is 17.0 Å². The van der Waals surface area contributed by atoms with Crippen molar-refractivity contribution in [2.45, 2.75) is 20.8 Å². The normalized spacial score (nSPS) is 10.6. The van der Waals surface area contributed by atoms with Crippen molar-refractivity contribution in [1.29, 1.82) is 0 Å². The molecule has 1 amide bonds. The minimum atomic E-state index is -0.334. The standard InChI is InChI=1S/C17H17N3O3S/c1-4-22-13-7-5-12(6-8-13)15-11(3)24-17(18-15)19-16(21)14-9-10(2)23-20-14/h5-9H,4H2,1-3H3,(H,18,19,21). The molecule has 1 aromatic carbocycles. The van der Waals surface area contributed by atoms with E-state index in [1.807, 2.05) is 38.1 Å². The van der Waals surface area contributed by atoms with Gasteiger partial charge in [0.25, 0.3) is 5.91 Å². The van der Waals surface area contributed by atoms with E-state index in [0.717, 1.165) is 21.9 Å². The first-order valence-electron chi connectivity index (χ1n) is 7.52. The third kappa shape index (κ3) is 3.46. The van der Waals surface area contributed by atoms with Crippen molar-refractivity contribution in [3.63, 3.8) is 0 Å². The van der Waals surface area contributed by atoms with Gasteiger partial charge in [0.1, 0.15) is 11.5 Å². The molecule has 0 unspecified atom stereocenters. The van der Waals surface area contributed by atoms with Gasteiger partial charge in [-0.1, -0.05) is 5.16 Å². The molecule has 0 spiro atoms. The zero-order valence-electron chi connectivity index (χ0n) is 13.6. The fourth-order valence-corrected chi connectivity index (χ4v) is 3.06. The second-order valence-electron chi connectivity index (χ2n) is 5.16. The number of anilines is 1. The minimum absolute atomic E-state index is 0.239. The molecule has 124 valence electrons. The SMILES string of the molecule is CCOc1ccc(-c2nc(NC(=O)c3cc(C)on3)sc2C)cc1. The van der Waals surface area contributed by atoms with Gasteiger partial charge in [-0.05, 0) is 45.0 Å². The van der Waals surface area contributed by atoms with Crippen LogP contribution < -0.4 is 10.1 Å². The Hall–Kier alpha value is -2.67.